The molecule has 0 saturated carbocycles. The molecule has 1 unspecified atom stereocenters. The van der Waals surface area contributed by atoms with E-state index in [1.165, 1.54) is 5.56 Å². The lowest BCUT2D eigenvalue weighted by Gasteiger charge is -2.10. The molecule has 0 aliphatic rings. The summed E-state index contributed by atoms with van der Waals surface area (Å²) < 4.78 is 21.3. The summed E-state index contributed by atoms with van der Waals surface area (Å²) in [7, 11) is 0. The lowest BCUT2D eigenvalue weighted by Crippen LogP contribution is -1.95. The van der Waals surface area contributed by atoms with E-state index in [0.717, 1.165) is 18.4 Å². The Hall–Kier alpha value is -0.670. The predicted octanol–water partition coefficient (Wildman–Crippen LogP) is 2.05. The van der Waals surface area contributed by atoms with E-state index < -0.39 is 11.1 Å². The SMILES string of the molecule is CCc1ccc(S(=O)[O-])cc1CC. The molecule has 1 rings (SSSR count). The monoisotopic (exact) mass is 197 g/mol. The number of benzene rings is 1. The lowest BCUT2D eigenvalue weighted by molar-refractivity contribution is 0.537. The van der Waals surface area contributed by atoms with Crippen LogP contribution in [0.25, 0.3) is 0 Å². The first-order valence-electron chi connectivity index (χ1n) is 4.40. The third-order valence-electron chi connectivity index (χ3n) is 2.13. The third-order valence-corrected chi connectivity index (χ3v) is 2.77. The maximum atomic E-state index is 10.7. The molecule has 0 aromatic heterocycles. The molecule has 1 aromatic carbocycles. The van der Waals surface area contributed by atoms with Crippen LogP contribution in [-0.4, -0.2) is 8.76 Å². The minimum Gasteiger partial charge on any atom is -0.768 e. The molecule has 0 amide bonds. The number of hydrogen-bond donors (Lipinski definition) is 0. The van der Waals surface area contributed by atoms with Gasteiger partial charge in [-0.3, -0.25) is 4.21 Å². The summed E-state index contributed by atoms with van der Waals surface area (Å²) in [6.45, 7) is 4.11. The Morgan fingerprint density at radius 3 is 2.31 bits per heavy atom. The quantitative estimate of drug-likeness (QED) is 0.696. The van der Waals surface area contributed by atoms with Gasteiger partial charge in [0.2, 0.25) is 0 Å². The Morgan fingerprint density at radius 2 is 1.85 bits per heavy atom. The minimum atomic E-state index is -2.10. The number of hydrogen-bond acceptors (Lipinski definition) is 2. The molecule has 2 nitrogen and oxygen atoms in total. The first-order chi connectivity index (χ1) is 6.19. The second-order valence-electron chi connectivity index (χ2n) is 2.87. The zero-order valence-corrected chi connectivity index (χ0v) is 8.69. The van der Waals surface area contributed by atoms with Crippen LogP contribution in [0.1, 0.15) is 25.0 Å². The molecule has 1 atom stereocenters. The Kier molecular flexibility index (Phi) is 3.63. The van der Waals surface area contributed by atoms with Crippen molar-refractivity contribution in [2.24, 2.45) is 0 Å². The fourth-order valence-corrected chi connectivity index (χ4v) is 1.80. The summed E-state index contributed by atoms with van der Waals surface area (Å²) in [5.74, 6) is 0. The van der Waals surface area contributed by atoms with Crippen molar-refractivity contribution in [1.29, 1.82) is 0 Å². The molecule has 3 heteroatoms. The molecule has 0 saturated heterocycles. The van der Waals surface area contributed by atoms with Gasteiger partial charge >= 0.3 is 0 Å². The fourth-order valence-electron chi connectivity index (χ4n) is 1.38. The second kappa shape index (κ2) is 4.53. The minimum absolute atomic E-state index is 0.383. The molecule has 1 aromatic rings. The molecule has 0 heterocycles. The van der Waals surface area contributed by atoms with E-state index in [9.17, 15) is 8.76 Å². The molecule has 0 aliphatic heterocycles. The van der Waals surface area contributed by atoms with Gasteiger partial charge in [-0.25, -0.2) is 0 Å². The highest BCUT2D eigenvalue weighted by molar-refractivity contribution is 7.79. The van der Waals surface area contributed by atoms with E-state index >= 15 is 0 Å². The molecule has 0 radical (unpaired) electrons. The van der Waals surface area contributed by atoms with Gasteiger partial charge in [0.05, 0.1) is 0 Å². The molecule has 0 N–H and O–H groups in total. The van der Waals surface area contributed by atoms with Gasteiger partial charge in [0.15, 0.2) is 0 Å². The summed E-state index contributed by atoms with van der Waals surface area (Å²) in [4.78, 5) is 0.383. The van der Waals surface area contributed by atoms with E-state index in [1.807, 2.05) is 13.0 Å². The zero-order valence-electron chi connectivity index (χ0n) is 7.87. The van der Waals surface area contributed by atoms with Crippen molar-refractivity contribution in [2.75, 3.05) is 0 Å². The van der Waals surface area contributed by atoms with Gasteiger partial charge in [0.25, 0.3) is 0 Å². The van der Waals surface area contributed by atoms with Gasteiger partial charge < -0.3 is 4.55 Å². The molecule has 72 valence electrons. The average Bonchev–Trinajstić information content (AvgIpc) is 2.16. The van der Waals surface area contributed by atoms with Gasteiger partial charge in [-0.2, -0.15) is 0 Å². The molecule has 0 bridgehead atoms. The molecule has 0 aliphatic carbocycles. The standard InChI is InChI=1S/C10H14O2S/c1-3-8-5-6-10(13(11)12)7-9(8)4-2/h5-7H,3-4H2,1-2H3,(H,11,12)/p-1. The summed E-state index contributed by atoms with van der Waals surface area (Å²) in [5, 5.41) is 0. The van der Waals surface area contributed by atoms with Crippen LogP contribution < -0.4 is 0 Å². The summed E-state index contributed by atoms with van der Waals surface area (Å²) in [6, 6.07) is 5.30. The van der Waals surface area contributed by atoms with E-state index in [4.69, 9.17) is 0 Å². The molecule has 0 spiro atoms. The highest BCUT2D eigenvalue weighted by atomic mass is 32.2. The Bertz CT molecular complexity index is 321. The van der Waals surface area contributed by atoms with Crippen LogP contribution in [0.5, 0.6) is 0 Å². The molecular weight excluding hydrogens is 184 g/mol. The third kappa shape index (κ3) is 2.39. The van der Waals surface area contributed by atoms with Crippen molar-refractivity contribution < 1.29 is 8.76 Å². The van der Waals surface area contributed by atoms with Crippen molar-refractivity contribution in [3.8, 4) is 0 Å². The first kappa shape index (κ1) is 10.4. The topological polar surface area (TPSA) is 40.1 Å². The van der Waals surface area contributed by atoms with Crippen molar-refractivity contribution in [2.45, 2.75) is 31.6 Å². The van der Waals surface area contributed by atoms with Crippen LogP contribution in [0.4, 0.5) is 0 Å². The second-order valence-corrected chi connectivity index (χ2v) is 3.81. The number of rotatable bonds is 3. The molecule has 13 heavy (non-hydrogen) atoms. The van der Waals surface area contributed by atoms with Crippen LogP contribution in [0.2, 0.25) is 0 Å². The van der Waals surface area contributed by atoms with Crippen LogP contribution in [0, 0.1) is 0 Å². The smallest absolute Gasteiger partial charge is 0.0251 e. The van der Waals surface area contributed by atoms with E-state index in [-0.39, 0.29) is 0 Å². The average molecular weight is 197 g/mol. The first-order valence-corrected chi connectivity index (χ1v) is 5.47. The summed E-state index contributed by atoms with van der Waals surface area (Å²) >= 11 is -2.10. The van der Waals surface area contributed by atoms with Crippen molar-refractivity contribution in [3.63, 3.8) is 0 Å². The number of aryl methyl sites for hydroxylation is 2. The highest BCUT2D eigenvalue weighted by Crippen LogP contribution is 2.15. The van der Waals surface area contributed by atoms with Crippen molar-refractivity contribution in [3.05, 3.63) is 29.3 Å². The Balaban J connectivity index is 3.13. The van der Waals surface area contributed by atoms with Gasteiger partial charge in [0.1, 0.15) is 0 Å². The summed E-state index contributed by atoms with van der Waals surface area (Å²) in [5.41, 5.74) is 2.36. The molecule has 0 fully saturated rings. The lowest BCUT2D eigenvalue weighted by atomic mass is 10.0. The Morgan fingerprint density at radius 1 is 1.23 bits per heavy atom. The Labute approximate surface area is 81.3 Å². The van der Waals surface area contributed by atoms with Crippen LogP contribution in [0.3, 0.4) is 0 Å². The van der Waals surface area contributed by atoms with Crippen molar-refractivity contribution in [1.82, 2.24) is 0 Å². The van der Waals surface area contributed by atoms with Crippen LogP contribution in [-0.2, 0) is 23.9 Å². The highest BCUT2D eigenvalue weighted by Gasteiger charge is 2.00. The predicted molar refractivity (Wildman–Crippen MR) is 52.4 cm³/mol. The summed E-state index contributed by atoms with van der Waals surface area (Å²) in [6.07, 6.45) is 1.84. The van der Waals surface area contributed by atoms with E-state index in [0.29, 0.717) is 4.90 Å². The van der Waals surface area contributed by atoms with Gasteiger partial charge in [-0.1, -0.05) is 19.9 Å². The van der Waals surface area contributed by atoms with Crippen molar-refractivity contribution >= 4 is 11.1 Å². The van der Waals surface area contributed by atoms with Crippen LogP contribution >= 0.6 is 0 Å². The van der Waals surface area contributed by atoms with E-state index in [1.54, 1.807) is 12.1 Å². The van der Waals surface area contributed by atoms with Gasteiger partial charge in [-0.15, -0.1) is 0 Å². The maximum Gasteiger partial charge on any atom is 0.0251 e. The van der Waals surface area contributed by atoms with E-state index in [2.05, 4.69) is 6.92 Å². The zero-order chi connectivity index (χ0) is 9.84. The fraction of sp³-hybridized carbons (Fsp3) is 0.400. The van der Waals surface area contributed by atoms with Crippen LogP contribution in [0.15, 0.2) is 23.1 Å². The van der Waals surface area contributed by atoms with Gasteiger partial charge in [0, 0.05) is 4.90 Å². The maximum absolute atomic E-state index is 10.7. The van der Waals surface area contributed by atoms with Gasteiger partial charge in [-0.05, 0) is 47.2 Å². The normalized spacial score (nSPS) is 12.8. The largest absolute Gasteiger partial charge is 0.768 e. The molecular formula is C10H13O2S-.